The summed E-state index contributed by atoms with van der Waals surface area (Å²) in [6.45, 7) is 0.0822. The summed E-state index contributed by atoms with van der Waals surface area (Å²) in [6, 6.07) is 14.1. The van der Waals surface area contributed by atoms with Crippen molar-refractivity contribution in [2.75, 3.05) is 11.9 Å². The summed E-state index contributed by atoms with van der Waals surface area (Å²) in [5.41, 5.74) is 3.99. The van der Waals surface area contributed by atoms with E-state index in [1.54, 1.807) is 0 Å². The highest BCUT2D eigenvalue weighted by Crippen LogP contribution is 2.29. The fourth-order valence-electron chi connectivity index (χ4n) is 2.57. The first-order valence-electron chi connectivity index (χ1n) is 7.10. The zero-order valence-electron chi connectivity index (χ0n) is 11.8. The maximum Gasteiger partial charge on any atom is 0.262 e. The smallest absolute Gasteiger partial charge is 0.262 e. The molecular formula is C18H14N2O2. The van der Waals surface area contributed by atoms with Gasteiger partial charge in [0.15, 0.2) is 6.61 Å². The molecule has 2 N–H and O–H groups in total. The highest BCUT2D eigenvalue weighted by molar-refractivity contribution is 5.96. The van der Waals surface area contributed by atoms with Crippen LogP contribution >= 0.6 is 0 Å². The topological polar surface area (TPSA) is 54.1 Å². The SMILES string of the molecule is O=C1COc2ccc(C=Cc3ccc4[nH]ccc4c3)cc2N1. The normalized spacial score (nSPS) is 13.9. The Morgan fingerprint density at radius 3 is 2.73 bits per heavy atom. The molecule has 0 unspecified atom stereocenters. The van der Waals surface area contributed by atoms with Crippen LogP contribution in [0, 0.1) is 0 Å². The van der Waals surface area contributed by atoms with Crippen LogP contribution in [0.15, 0.2) is 48.7 Å². The molecule has 0 spiro atoms. The number of ether oxygens (including phenoxy) is 1. The molecule has 4 nitrogen and oxygen atoms in total. The zero-order chi connectivity index (χ0) is 14.9. The van der Waals surface area contributed by atoms with E-state index in [0.717, 1.165) is 22.3 Å². The Hall–Kier alpha value is -3.01. The molecule has 2 heterocycles. The quantitative estimate of drug-likeness (QED) is 0.707. The van der Waals surface area contributed by atoms with Crippen molar-refractivity contribution in [2.45, 2.75) is 0 Å². The number of hydrogen-bond acceptors (Lipinski definition) is 2. The number of H-pyrrole nitrogens is 1. The van der Waals surface area contributed by atoms with Crippen LogP contribution in [0.5, 0.6) is 5.75 Å². The summed E-state index contributed by atoms with van der Waals surface area (Å²) in [5, 5.41) is 4.01. The molecule has 108 valence electrons. The number of benzene rings is 2. The van der Waals surface area contributed by atoms with Crippen LogP contribution < -0.4 is 10.1 Å². The van der Waals surface area contributed by atoms with Gasteiger partial charge in [-0.2, -0.15) is 0 Å². The third-order valence-corrected chi connectivity index (χ3v) is 3.68. The molecule has 0 saturated carbocycles. The van der Waals surface area contributed by atoms with Crippen LogP contribution in [0.25, 0.3) is 23.1 Å². The Labute approximate surface area is 127 Å². The molecule has 2 aromatic carbocycles. The largest absolute Gasteiger partial charge is 0.482 e. The zero-order valence-corrected chi connectivity index (χ0v) is 11.8. The van der Waals surface area contributed by atoms with Gasteiger partial charge in [-0.1, -0.05) is 24.3 Å². The van der Waals surface area contributed by atoms with Gasteiger partial charge in [0.1, 0.15) is 5.75 Å². The second-order valence-electron chi connectivity index (χ2n) is 5.25. The minimum Gasteiger partial charge on any atom is -0.482 e. The summed E-state index contributed by atoms with van der Waals surface area (Å²) in [5.74, 6) is 0.594. The first kappa shape index (κ1) is 12.7. The van der Waals surface area contributed by atoms with Gasteiger partial charge in [0.25, 0.3) is 5.91 Å². The minimum atomic E-state index is -0.119. The Morgan fingerprint density at radius 1 is 1.00 bits per heavy atom. The number of anilines is 1. The molecule has 0 fully saturated rings. The third kappa shape index (κ3) is 2.35. The molecule has 0 radical (unpaired) electrons. The summed E-state index contributed by atoms with van der Waals surface area (Å²) in [7, 11) is 0. The Morgan fingerprint density at radius 2 is 1.82 bits per heavy atom. The first-order chi connectivity index (χ1) is 10.8. The molecule has 1 amide bonds. The summed E-state index contributed by atoms with van der Waals surface area (Å²) in [4.78, 5) is 14.5. The van der Waals surface area contributed by atoms with E-state index in [0.29, 0.717) is 5.75 Å². The van der Waals surface area contributed by atoms with Gasteiger partial charge in [-0.05, 0) is 46.8 Å². The lowest BCUT2D eigenvalue weighted by Crippen LogP contribution is -2.25. The molecular weight excluding hydrogens is 276 g/mol. The second-order valence-corrected chi connectivity index (χ2v) is 5.25. The fraction of sp³-hybridized carbons (Fsp3) is 0.0556. The number of nitrogens with one attached hydrogen (secondary N) is 2. The average Bonchev–Trinajstić information content (AvgIpc) is 3.00. The van der Waals surface area contributed by atoms with Crippen LogP contribution in [-0.2, 0) is 4.79 Å². The van der Waals surface area contributed by atoms with Crippen molar-refractivity contribution in [1.82, 2.24) is 4.98 Å². The van der Waals surface area contributed by atoms with E-state index in [1.807, 2.05) is 30.5 Å². The van der Waals surface area contributed by atoms with E-state index >= 15 is 0 Å². The van der Waals surface area contributed by atoms with Gasteiger partial charge in [0.05, 0.1) is 5.69 Å². The number of fused-ring (bicyclic) bond motifs is 2. The lowest BCUT2D eigenvalue weighted by molar-refractivity contribution is -0.118. The molecule has 1 aliphatic heterocycles. The number of aromatic amines is 1. The maximum absolute atomic E-state index is 11.4. The third-order valence-electron chi connectivity index (χ3n) is 3.68. The average molecular weight is 290 g/mol. The van der Waals surface area contributed by atoms with Gasteiger partial charge >= 0.3 is 0 Å². The predicted molar refractivity (Wildman–Crippen MR) is 87.8 cm³/mol. The van der Waals surface area contributed by atoms with E-state index in [9.17, 15) is 4.79 Å². The molecule has 0 bridgehead atoms. The minimum absolute atomic E-state index is 0.0822. The standard InChI is InChI=1S/C18H14N2O2/c21-18-11-22-17-6-4-13(10-16(17)20-18)2-1-12-3-5-15-14(9-12)7-8-19-15/h1-10,19H,11H2,(H,20,21). The first-order valence-corrected chi connectivity index (χ1v) is 7.10. The second kappa shape index (κ2) is 5.07. The number of hydrogen-bond donors (Lipinski definition) is 2. The highest BCUT2D eigenvalue weighted by Gasteiger charge is 2.15. The molecule has 3 aromatic rings. The molecule has 0 aliphatic carbocycles. The van der Waals surface area contributed by atoms with Gasteiger partial charge in [-0.25, -0.2) is 0 Å². The van der Waals surface area contributed by atoms with E-state index in [-0.39, 0.29) is 12.5 Å². The summed E-state index contributed by atoms with van der Waals surface area (Å²) < 4.78 is 5.35. The number of carbonyl (C=O) groups is 1. The van der Waals surface area contributed by atoms with Crippen LogP contribution in [0.2, 0.25) is 0 Å². The van der Waals surface area contributed by atoms with Gasteiger partial charge in [-0.3, -0.25) is 4.79 Å². The molecule has 0 saturated heterocycles. The Balaban J connectivity index is 1.62. The van der Waals surface area contributed by atoms with Crippen LogP contribution in [-0.4, -0.2) is 17.5 Å². The number of amides is 1. The number of rotatable bonds is 2. The Bertz CT molecular complexity index is 893. The van der Waals surface area contributed by atoms with E-state index < -0.39 is 0 Å². The summed E-state index contributed by atoms with van der Waals surface area (Å²) in [6.07, 6.45) is 6.01. The van der Waals surface area contributed by atoms with E-state index in [1.165, 1.54) is 5.39 Å². The van der Waals surface area contributed by atoms with Crippen molar-refractivity contribution in [1.29, 1.82) is 0 Å². The van der Waals surface area contributed by atoms with Gasteiger partial charge < -0.3 is 15.0 Å². The lowest BCUT2D eigenvalue weighted by Gasteiger charge is -2.17. The Kier molecular flexibility index (Phi) is 2.93. The number of carbonyl (C=O) groups excluding carboxylic acids is 1. The highest BCUT2D eigenvalue weighted by atomic mass is 16.5. The maximum atomic E-state index is 11.4. The van der Waals surface area contributed by atoms with Crippen molar-refractivity contribution < 1.29 is 9.53 Å². The van der Waals surface area contributed by atoms with Gasteiger partial charge in [0, 0.05) is 11.7 Å². The fourth-order valence-corrected chi connectivity index (χ4v) is 2.57. The van der Waals surface area contributed by atoms with E-state index in [4.69, 9.17) is 4.74 Å². The van der Waals surface area contributed by atoms with Gasteiger partial charge in [0.2, 0.25) is 0 Å². The molecule has 0 atom stereocenters. The molecule has 22 heavy (non-hydrogen) atoms. The summed E-state index contributed by atoms with van der Waals surface area (Å²) >= 11 is 0. The van der Waals surface area contributed by atoms with Crippen molar-refractivity contribution in [2.24, 2.45) is 0 Å². The van der Waals surface area contributed by atoms with E-state index in [2.05, 4.69) is 40.6 Å². The van der Waals surface area contributed by atoms with Crippen molar-refractivity contribution in [3.63, 3.8) is 0 Å². The van der Waals surface area contributed by atoms with Crippen LogP contribution in [0.4, 0.5) is 5.69 Å². The van der Waals surface area contributed by atoms with Crippen molar-refractivity contribution in [3.05, 3.63) is 59.8 Å². The van der Waals surface area contributed by atoms with Crippen LogP contribution in [0.3, 0.4) is 0 Å². The van der Waals surface area contributed by atoms with Crippen molar-refractivity contribution >= 4 is 34.6 Å². The van der Waals surface area contributed by atoms with Crippen molar-refractivity contribution in [3.8, 4) is 5.75 Å². The molecule has 1 aliphatic rings. The van der Waals surface area contributed by atoms with Gasteiger partial charge in [-0.15, -0.1) is 0 Å². The molecule has 1 aromatic heterocycles. The van der Waals surface area contributed by atoms with Crippen LogP contribution in [0.1, 0.15) is 11.1 Å². The monoisotopic (exact) mass is 290 g/mol. The lowest BCUT2D eigenvalue weighted by atomic mass is 10.1. The molecule has 4 heteroatoms. The molecule has 4 rings (SSSR count). The predicted octanol–water partition coefficient (Wildman–Crippen LogP) is 3.67. The number of aromatic nitrogens is 1.